The summed E-state index contributed by atoms with van der Waals surface area (Å²) < 4.78 is 53.5. The number of anilines is 1. The molecular weight excluding hydrogens is 500 g/mol. The summed E-state index contributed by atoms with van der Waals surface area (Å²) in [5.41, 5.74) is 1.30. The average Bonchev–Trinajstić information content (AvgIpc) is 3.33. The van der Waals surface area contributed by atoms with Crippen LogP contribution < -0.4 is 9.46 Å². The average molecular weight is 514 g/mol. The van der Waals surface area contributed by atoms with E-state index in [0.29, 0.717) is 27.9 Å². The maximum absolute atomic E-state index is 14.8. The van der Waals surface area contributed by atoms with Crippen LogP contribution in [0, 0.1) is 12.7 Å². The van der Waals surface area contributed by atoms with E-state index in [0.717, 1.165) is 23.7 Å². The number of halogens is 3. The van der Waals surface area contributed by atoms with Gasteiger partial charge in [0.05, 0.1) is 10.7 Å². The topological polar surface area (TPSA) is 99.0 Å². The van der Waals surface area contributed by atoms with Crippen LogP contribution in [0.15, 0.2) is 47.5 Å². The van der Waals surface area contributed by atoms with E-state index in [2.05, 4.69) is 19.2 Å². The number of nitrogens with one attached hydrogen (secondary N) is 1. The van der Waals surface area contributed by atoms with Crippen molar-refractivity contribution in [3.8, 4) is 22.8 Å². The van der Waals surface area contributed by atoms with Gasteiger partial charge < -0.3 is 4.74 Å². The van der Waals surface area contributed by atoms with Gasteiger partial charge in [0.2, 0.25) is 5.13 Å². The van der Waals surface area contributed by atoms with E-state index in [1.807, 2.05) is 0 Å². The van der Waals surface area contributed by atoms with Crippen LogP contribution in [-0.2, 0) is 17.1 Å². The van der Waals surface area contributed by atoms with Gasteiger partial charge in [0, 0.05) is 41.4 Å². The quantitative estimate of drug-likeness (QED) is 0.376. The van der Waals surface area contributed by atoms with E-state index < -0.39 is 20.7 Å². The summed E-state index contributed by atoms with van der Waals surface area (Å²) in [7, 11) is -2.53. The molecule has 0 saturated carbocycles. The van der Waals surface area contributed by atoms with Crippen molar-refractivity contribution in [2.24, 2.45) is 7.05 Å². The molecule has 0 saturated heterocycles. The highest BCUT2D eigenvalue weighted by atomic mass is 35.5. The summed E-state index contributed by atoms with van der Waals surface area (Å²) in [4.78, 5) is 3.27. The minimum atomic E-state index is -4.28. The SMILES string of the molecule is Cc1nsc(NS(=O)(=O)c2cc(Cl)c(Oc3ccc(Cl)cc3-c3ccnn3C)cc2F)n1. The predicted molar refractivity (Wildman–Crippen MR) is 121 cm³/mol. The summed E-state index contributed by atoms with van der Waals surface area (Å²) in [5, 5.41) is 4.50. The fraction of sp³-hybridized carbons (Fsp3) is 0.105. The Balaban J connectivity index is 1.69. The number of rotatable bonds is 6. The zero-order valence-electron chi connectivity index (χ0n) is 16.5. The molecule has 0 aliphatic heterocycles. The van der Waals surface area contributed by atoms with Crippen LogP contribution in [0.5, 0.6) is 11.5 Å². The third kappa shape index (κ3) is 4.56. The Morgan fingerprint density at radius 1 is 1.16 bits per heavy atom. The van der Waals surface area contributed by atoms with E-state index in [9.17, 15) is 12.8 Å². The van der Waals surface area contributed by atoms with Crippen LogP contribution in [0.25, 0.3) is 11.3 Å². The van der Waals surface area contributed by atoms with Crippen molar-refractivity contribution in [2.45, 2.75) is 11.8 Å². The largest absolute Gasteiger partial charge is 0.455 e. The van der Waals surface area contributed by atoms with Gasteiger partial charge in [0.15, 0.2) is 0 Å². The highest BCUT2D eigenvalue weighted by Crippen LogP contribution is 2.39. The predicted octanol–water partition coefficient (Wildman–Crippen LogP) is 5.29. The Morgan fingerprint density at radius 2 is 1.94 bits per heavy atom. The summed E-state index contributed by atoms with van der Waals surface area (Å²) in [6.45, 7) is 1.61. The van der Waals surface area contributed by atoms with Gasteiger partial charge in [-0.2, -0.15) is 9.47 Å². The third-order valence-electron chi connectivity index (χ3n) is 4.28. The van der Waals surface area contributed by atoms with Crippen molar-refractivity contribution >= 4 is 49.9 Å². The van der Waals surface area contributed by atoms with Crippen molar-refractivity contribution in [3.63, 3.8) is 0 Å². The molecule has 4 aromatic rings. The molecule has 0 fully saturated rings. The maximum Gasteiger partial charge on any atom is 0.266 e. The lowest BCUT2D eigenvalue weighted by Crippen LogP contribution is -2.14. The van der Waals surface area contributed by atoms with Crippen molar-refractivity contribution in [1.29, 1.82) is 0 Å². The van der Waals surface area contributed by atoms with Gasteiger partial charge in [-0.25, -0.2) is 17.8 Å². The highest BCUT2D eigenvalue weighted by molar-refractivity contribution is 7.93. The highest BCUT2D eigenvalue weighted by Gasteiger charge is 2.24. The number of hydrogen-bond acceptors (Lipinski definition) is 7. The Bertz CT molecular complexity index is 1420. The molecule has 0 spiro atoms. The lowest BCUT2D eigenvalue weighted by Gasteiger charge is -2.14. The molecule has 13 heteroatoms. The first kappa shape index (κ1) is 22.5. The lowest BCUT2D eigenvalue weighted by molar-refractivity contribution is 0.475. The van der Waals surface area contributed by atoms with Gasteiger partial charge in [-0.15, -0.1) is 0 Å². The molecule has 0 radical (unpaired) electrons. The van der Waals surface area contributed by atoms with Crippen LogP contribution in [0.2, 0.25) is 10.0 Å². The smallest absolute Gasteiger partial charge is 0.266 e. The molecular formula is C19H14Cl2FN5O3S2. The van der Waals surface area contributed by atoms with E-state index in [-0.39, 0.29) is 15.9 Å². The normalized spacial score (nSPS) is 11.5. The fourth-order valence-electron chi connectivity index (χ4n) is 2.85. The first-order valence-corrected chi connectivity index (χ1v) is 11.9. The minimum absolute atomic E-state index is 0.0142. The van der Waals surface area contributed by atoms with E-state index >= 15 is 0 Å². The van der Waals surface area contributed by atoms with Gasteiger partial charge in [0.1, 0.15) is 28.0 Å². The standard InChI is InChI=1S/C19H14Cl2FN5O3S2/c1-10-24-19(31-25-10)26-32(28,29)18-8-13(21)17(9-14(18)22)30-16-4-3-11(20)7-12(16)15-5-6-23-27(15)2/h3-9H,1-2H3,(H,24,25,26). The minimum Gasteiger partial charge on any atom is -0.455 e. The Hall–Kier alpha value is -2.73. The van der Waals surface area contributed by atoms with Crippen LogP contribution in [0.1, 0.15) is 5.82 Å². The van der Waals surface area contributed by atoms with Crippen LogP contribution >= 0.6 is 34.7 Å². The summed E-state index contributed by atoms with van der Waals surface area (Å²) >= 11 is 13.2. The lowest BCUT2D eigenvalue weighted by atomic mass is 10.1. The monoisotopic (exact) mass is 513 g/mol. The summed E-state index contributed by atoms with van der Waals surface area (Å²) in [6, 6.07) is 8.52. The molecule has 0 amide bonds. The Kier molecular flexibility index (Phi) is 6.08. The molecule has 0 bridgehead atoms. The van der Waals surface area contributed by atoms with Gasteiger partial charge >= 0.3 is 0 Å². The molecule has 2 aromatic heterocycles. The van der Waals surface area contributed by atoms with Gasteiger partial charge in [-0.05, 0) is 37.3 Å². The summed E-state index contributed by atoms with van der Waals surface area (Å²) in [5.74, 6) is -0.394. The molecule has 4 rings (SSSR count). The molecule has 1 N–H and O–H groups in total. The zero-order chi connectivity index (χ0) is 23.0. The van der Waals surface area contributed by atoms with Crippen molar-refractivity contribution in [1.82, 2.24) is 19.1 Å². The molecule has 8 nitrogen and oxygen atoms in total. The number of hydrogen-bond donors (Lipinski definition) is 1. The van der Waals surface area contributed by atoms with Crippen LogP contribution in [0.3, 0.4) is 0 Å². The second-order valence-corrected chi connectivity index (χ2v) is 9.79. The molecule has 0 aliphatic rings. The molecule has 32 heavy (non-hydrogen) atoms. The molecule has 0 aliphatic carbocycles. The number of aromatic nitrogens is 4. The number of benzene rings is 2. The first-order valence-electron chi connectivity index (χ1n) is 8.92. The van der Waals surface area contributed by atoms with Gasteiger partial charge in [-0.3, -0.25) is 9.40 Å². The van der Waals surface area contributed by atoms with Crippen LogP contribution in [0.4, 0.5) is 9.52 Å². The van der Waals surface area contributed by atoms with Crippen LogP contribution in [-0.4, -0.2) is 27.6 Å². The number of nitrogens with zero attached hydrogens (tertiary/aromatic N) is 4. The second-order valence-electron chi connectivity index (χ2n) is 6.55. The van der Waals surface area contributed by atoms with Crippen molar-refractivity contribution in [2.75, 3.05) is 4.72 Å². The maximum atomic E-state index is 14.8. The number of aryl methyl sites for hydroxylation is 2. The number of sulfonamides is 1. The first-order chi connectivity index (χ1) is 15.1. The van der Waals surface area contributed by atoms with E-state index in [4.69, 9.17) is 27.9 Å². The van der Waals surface area contributed by atoms with Crippen molar-refractivity contribution < 1.29 is 17.5 Å². The third-order valence-corrected chi connectivity index (χ3v) is 7.02. The second kappa shape index (κ2) is 8.66. The number of ether oxygens (including phenoxy) is 1. The Morgan fingerprint density at radius 3 is 2.59 bits per heavy atom. The summed E-state index contributed by atoms with van der Waals surface area (Å²) in [6.07, 6.45) is 1.61. The molecule has 2 aromatic carbocycles. The fourth-order valence-corrected chi connectivity index (χ4v) is 5.17. The van der Waals surface area contributed by atoms with Gasteiger partial charge in [0.25, 0.3) is 10.0 Å². The van der Waals surface area contributed by atoms with Crippen molar-refractivity contribution in [3.05, 3.63) is 64.3 Å². The molecule has 0 unspecified atom stereocenters. The molecule has 166 valence electrons. The molecule has 2 heterocycles. The zero-order valence-corrected chi connectivity index (χ0v) is 19.7. The Labute approximate surface area is 196 Å². The van der Waals surface area contributed by atoms with Gasteiger partial charge in [-0.1, -0.05) is 23.2 Å². The van der Waals surface area contributed by atoms with E-state index in [1.54, 1.807) is 49.1 Å². The molecule has 0 atom stereocenters. The van der Waals surface area contributed by atoms with E-state index in [1.165, 1.54) is 0 Å².